The fraction of sp³-hybridized carbons (Fsp3) is 0.500. The monoisotopic (exact) mass is 380 g/mol. The van der Waals surface area contributed by atoms with Gasteiger partial charge >= 0.3 is 5.97 Å². The number of nitrogens with one attached hydrogen (secondary N) is 2. The molecule has 0 aliphatic carbocycles. The van der Waals surface area contributed by atoms with Gasteiger partial charge in [-0.25, -0.2) is 4.79 Å². The molecule has 0 saturated carbocycles. The third-order valence-corrected chi connectivity index (χ3v) is 4.93. The summed E-state index contributed by atoms with van der Waals surface area (Å²) in [6.45, 7) is 4.66. The summed E-state index contributed by atoms with van der Waals surface area (Å²) in [5.74, 6) is 0.123. The second-order valence-corrected chi connectivity index (χ2v) is 7.00. The van der Waals surface area contributed by atoms with Crippen LogP contribution in [0.5, 0.6) is 5.75 Å². The van der Waals surface area contributed by atoms with Crippen LogP contribution in [0.2, 0.25) is 0 Å². The minimum Gasteiger partial charge on any atom is -0.494 e. The van der Waals surface area contributed by atoms with Crippen LogP contribution in [-0.4, -0.2) is 48.0 Å². The highest BCUT2D eigenvalue weighted by atomic mass is 32.2. The predicted molar refractivity (Wildman–Crippen MR) is 100 cm³/mol. The van der Waals surface area contributed by atoms with Gasteiger partial charge in [0.1, 0.15) is 11.8 Å². The molecule has 1 heterocycles. The molecule has 0 aromatic heterocycles. The third-order valence-electron chi connectivity index (χ3n) is 3.63. The van der Waals surface area contributed by atoms with Crippen molar-refractivity contribution < 1.29 is 23.9 Å². The molecule has 1 saturated heterocycles. The Kier molecular flexibility index (Phi) is 7.77. The number of carbonyl (C=O) groups excluding carboxylic acids is 3. The molecule has 1 aromatic carbocycles. The Morgan fingerprint density at radius 1 is 1.27 bits per heavy atom. The summed E-state index contributed by atoms with van der Waals surface area (Å²) >= 11 is 1.29. The Hall–Kier alpha value is -2.22. The number of amides is 2. The number of anilines is 1. The molecule has 2 amide bonds. The maximum absolute atomic E-state index is 12.2. The summed E-state index contributed by atoms with van der Waals surface area (Å²) in [4.78, 5) is 36.0. The summed E-state index contributed by atoms with van der Waals surface area (Å²) in [6.07, 6.45) is 0.969. The Labute approximate surface area is 157 Å². The van der Waals surface area contributed by atoms with Crippen LogP contribution in [0.4, 0.5) is 5.69 Å². The number of ether oxygens (including phenoxy) is 2. The lowest BCUT2D eigenvalue weighted by Crippen LogP contribution is -2.51. The van der Waals surface area contributed by atoms with Crippen LogP contribution < -0.4 is 15.4 Å². The third kappa shape index (κ3) is 5.94. The van der Waals surface area contributed by atoms with Gasteiger partial charge in [0.2, 0.25) is 11.8 Å². The van der Waals surface area contributed by atoms with Gasteiger partial charge in [-0.05, 0) is 37.6 Å². The van der Waals surface area contributed by atoms with Crippen molar-refractivity contribution in [1.29, 1.82) is 0 Å². The SMILES string of the molecule is CCCOc1ccc(NC(=O)C[C@@H]2SC[C@H](C(=O)OCC)NC2=O)cc1. The molecule has 1 fully saturated rings. The lowest BCUT2D eigenvalue weighted by molar-refractivity contribution is -0.146. The van der Waals surface area contributed by atoms with Crippen molar-refractivity contribution in [3.63, 3.8) is 0 Å². The Bertz CT molecular complexity index is 635. The van der Waals surface area contributed by atoms with Crippen LogP contribution >= 0.6 is 11.8 Å². The lowest BCUT2D eigenvalue weighted by atomic mass is 10.2. The topological polar surface area (TPSA) is 93.7 Å². The molecule has 2 atom stereocenters. The van der Waals surface area contributed by atoms with E-state index >= 15 is 0 Å². The second-order valence-electron chi connectivity index (χ2n) is 5.76. The molecule has 0 bridgehead atoms. The summed E-state index contributed by atoms with van der Waals surface area (Å²) in [5, 5.41) is 4.86. The molecule has 1 aliphatic rings. The fourth-order valence-corrected chi connectivity index (χ4v) is 3.48. The van der Waals surface area contributed by atoms with Crippen molar-refractivity contribution in [2.75, 3.05) is 24.3 Å². The van der Waals surface area contributed by atoms with Gasteiger partial charge in [-0.3, -0.25) is 9.59 Å². The minimum absolute atomic E-state index is 0.0418. The van der Waals surface area contributed by atoms with E-state index < -0.39 is 17.3 Å². The van der Waals surface area contributed by atoms with Gasteiger partial charge in [0.25, 0.3) is 0 Å². The Balaban J connectivity index is 1.81. The number of hydrogen-bond donors (Lipinski definition) is 2. The van der Waals surface area contributed by atoms with Gasteiger partial charge in [-0.15, -0.1) is 11.8 Å². The van der Waals surface area contributed by atoms with E-state index in [-0.39, 0.29) is 24.8 Å². The molecule has 1 aromatic rings. The number of hydrogen-bond acceptors (Lipinski definition) is 6. The smallest absolute Gasteiger partial charge is 0.329 e. The number of thioether (sulfide) groups is 1. The summed E-state index contributed by atoms with van der Waals surface area (Å²) in [7, 11) is 0. The van der Waals surface area contributed by atoms with Crippen molar-refractivity contribution in [3.8, 4) is 5.75 Å². The van der Waals surface area contributed by atoms with E-state index in [2.05, 4.69) is 10.6 Å². The number of benzene rings is 1. The maximum atomic E-state index is 12.2. The van der Waals surface area contributed by atoms with Crippen LogP contribution in [0.3, 0.4) is 0 Å². The van der Waals surface area contributed by atoms with Crippen LogP contribution in [0, 0.1) is 0 Å². The van der Waals surface area contributed by atoms with E-state index in [1.165, 1.54) is 11.8 Å². The average molecular weight is 380 g/mol. The summed E-state index contributed by atoms with van der Waals surface area (Å²) in [6, 6.07) is 6.44. The molecule has 2 rings (SSSR count). The first-order valence-corrected chi connectivity index (χ1v) is 9.69. The molecule has 0 radical (unpaired) electrons. The van der Waals surface area contributed by atoms with E-state index in [1.54, 1.807) is 31.2 Å². The summed E-state index contributed by atoms with van der Waals surface area (Å²) in [5.41, 5.74) is 0.643. The largest absolute Gasteiger partial charge is 0.494 e. The zero-order chi connectivity index (χ0) is 18.9. The Morgan fingerprint density at radius 2 is 2.00 bits per heavy atom. The average Bonchev–Trinajstić information content (AvgIpc) is 2.63. The molecule has 0 unspecified atom stereocenters. The highest BCUT2D eigenvalue weighted by Crippen LogP contribution is 2.23. The molecular weight excluding hydrogens is 356 g/mol. The first-order chi connectivity index (χ1) is 12.5. The minimum atomic E-state index is -0.651. The first-order valence-electron chi connectivity index (χ1n) is 8.64. The molecule has 0 spiro atoms. The van der Waals surface area contributed by atoms with Crippen molar-refractivity contribution in [3.05, 3.63) is 24.3 Å². The van der Waals surface area contributed by atoms with Gasteiger partial charge in [0.15, 0.2) is 0 Å². The van der Waals surface area contributed by atoms with Gasteiger partial charge in [-0.2, -0.15) is 0 Å². The van der Waals surface area contributed by atoms with Gasteiger partial charge in [-0.1, -0.05) is 6.92 Å². The van der Waals surface area contributed by atoms with Crippen molar-refractivity contribution in [2.24, 2.45) is 0 Å². The summed E-state index contributed by atoms with van der Waals surface area (Å²) < 4.78 is 10.4. The molecule has 1 aliphatic heterocycles. The second kappa shape index (κ2) is 10.1. The number of carbonyl (C=O) groups is 3. The van der Waals surface area contributed by atoms with Crippen LogP contribution in [0.25, 0.3) is 0 Å². The zero-order valence-electron chi connectivity index (χ0n) is 14.9. The van der Waals surface area contributed by atoms with Crippen molar-refractivity contribution in [1.82, 2.24) is 5.32 Å². The molecule has 142 valence electrons. The predicted octanol–water partition coefficient (Wildman–Crippen LogP) is 1.97. The fourth-order valence-electron chi connectivity index (χ4n) is 2.35. The van der Waals surface area contributed by atoms with Crippen LogP contribution in [0.1, 0.15) is 26.7 Å². The number of rotatable bonds is 8. The van der Waals surface area contributed by atoms with Crippen molar-refractivity contribution >= 4 is 35.2 Å². The van der Waals surface area contributed by atoms with Crippen LogP contribution in [0.15, 0.2) is 24.3 Å². The van der Waals surface area contributed by atoms with E-state index in [0.29, 0.717) is 18.0 Å². The standard InChI is InChI=1S/C18H24N2O5S/c1-3-9-25-13-7-5-12(6-8-13)19-16(21)10-15-17(22)20-14(11-26-15)18(23)24-4-2/h5-8,14-15H,3-4,9-11H2,1-2H3,(H,19,21)(H,20,22)/t14-,15+/m1/s1. The molecule has 2 N–H and O–H groups in total. The van der Waals surface area contributed by atoms with E-state index in [0.717, 1.165) is 12.2 Å². The first kappa shape index (κ1) is 20.1. The van der Waals surface area contributed by atoms with E-state index in [4.69, 9.17) is 9.47 Å². The van der Waals surface area contributed by atoms with Gasteiger partial charge in [0, 0.05) is 17.9 Å². The van der Waals surface area contributed by atoms with Gasteiger partial charge in [0.05, 0.1) is 18.5 Å². The van der Waals surface area contributed by atoms with Gasteiger partial charge < -0.3 is 20.1 Å². The maximum Gasteiger partial charge on any atom is 0.329 e. The molecule has 26 heavy (non-hydrogen) atoms. The molecular formula is C18H24N2O5S. The normalized spacial score (nSPS) is 19.4. The van der Waals surface area contributed by atoms with Crippen molar-refractivity contribution in [2.45, 2.75) is 38.0 Å². The lowest BCUT2D eigenvalue weighted by Gasteiger charge is -2.27. The highest BCUT2D eigenvalue weighted by Gasteiger charge is 2.34. The Morgan fingerprint density at radius 3 is 2.62 bits per heavy atom. The number of esters is 1. The molecule has 8 heteroatoms. The highest BCUT2D eigenvalue weighted by molar-refractivity contribution is 8.00. The molecule has 7 nitrogen and oxygen atoms in total. The quantitative estimate of drug-likeness (QED) is 0.670. The van der Waals surface area contributed by atoms with Crippen LogP contribution in [-0.2, 0) is 19.1 Å². The van der Waals surface area contributed by atoms with E-state index in [9.17, 15) is 14.4 Å². The zero-order valence-corrected chi connectivity index (χ0v) is 15.8. The van der Waals surface area contributed by atoms with E-state index in [1.807, 2.05) is 6.92 Å².